The van der Waals surface area contributed by atoms with Crippen molar-refractivity contribution >= 4 is 0 Å². The third kappa shape index (κ3) is 2.79. The highest BCUT2D eigenvalue weighted by Crippen LogP contribution is 2.24. The molecule has 1 heterocycles. The lowest BCUT2D eigenvalue weighted by Crippen LogP contribution is -2.00. The Hall–Kier alpha value is -1.94. The molecule has 0 bridgehead atoms. The normalized spacial score (nSPS) is 10.3. The Morgan fingerprint density at radius 3 is 2.88 bits per heavy atom. The second-order valence-electron chi connectivity index (χ2n) is 3.68. The molecule has 3 nitrogen and oxygen atoms in total. The number of aromatic nitrogens is 1. The smallest absolute Gasteiger partial charge is 0.219 e. The molecule has 0 amide bonds. The van der Waals surface area contributed by atoms with Gasteiger partial charge in [0, 0.05) is 18.7 Å². The van der Waals surface area contributed by atoms with E-state index in [-0.39, 0.29) is 5.82 Å². The van der Waals surface area contributed by atoms with Crippen LogP contribution in [0.25, 0.3) is 0 Å². The van der Waals surface area contributed by atoms with Gasteiger partial charge in [-0.15, -0.1) is 0 Å². The highest BCUT2D eigenvalue weighted by Gasteiger charge is 2.04. The summed E-state index contributed by atoms with van der Waals surface area (Å²) >= 11 is 0. The molecular weight excluding hydrogens is 219 g/mol. The van der Waals surface area contributed by atoms with E-state index in [1.165, 1.54) is 12.1 Å². The Morgan fingerprint density at radius 2 is 2.12 bits per heavy atom. The van der Waals surface area contributed by atoms with Crippen molar-refractivity contribution in [1.29, 1.82) is 0 Å². The molecule has 0 fully saturated rings. The molecule has 0 saturated heterocycles. The third-order valence-electron chi connectivity index (χ3n) is 2.36. The predicted molar refractivity (Wildman–Crippen MR) is 63.3 cm³/mol. The summed E-state index contributed by atoms with van der Waals surface area (Å²) in [6, 6.07) is 9.73. The largest absolute Gasteiger partial charge is 0.439 e. The summed E-state index contributed by atoms with van der Waals surface area (Å²) in [5.74, 6) is 0.550. The van der Waals surface area contributed by atoms with Crippen molar-refractivity contribution in [1.82, 2.24) is 4.98 Å². The SMILES string of the molecule is Cc1ccc(F)cc1Oc1cccc(CN)n1. The molecule has 2 N–H and O–H groups in total. The van der Waals surface area contributed by atoms with Crippen LogP contribution in [-0.4, -0.2) is 4.98 Å². The number of pyridine rings is 1. The maximum atomic E-state index is 13.1. The molecule has 0 aliphatic heterocycles. The number of ether oxygens (including phenoxy) is 1. The zero-order valence-corrected chi connectivity index (χ0v) is 9.48. The molecule has 2 aromatic rings. The van der Waals surface area contributed by atoms with E-state index in [9.17, 15) is 4.39 Å². The second-order valence-corrected chi connectivity index (χ2v) is 3.68. The fourth-order valence-electron chi connectivity index (χ4n) is 1.42. The zero-order chi connectivity index (χ0) is 12.3. The van der Waals surface area contributed by atoms with E-state index in [2.05, 4.69) is 4.98 Å². The van der Waals surface area contributed by atoms with Crippen molar-refractivity contribution in [3.8, 4) is 11.6 Å². The van der Waals surface area contributed by atoms with Crippen LogP contribution in [0.5, 0.6) is 11.6 Å². The Morgan fingerprint density at radius 1 is 1.29 bits per heavy atom. The van der Waals surface area contributed by atoms with Crippen LogP contribution in [0.3, 0.4) is 0 Å². The van der Waals surface area contributed by atoms with E-state index in [0.717, 1.165) is 11.3 Å². The zero-order valence-electron chi connectivity index (χ0n) is 9.48. The lowest BCUT2D eigenvalue weighted by Gasteiger charge is -2.08. The first-order valence-electron chi connectivity index (χ1n) is 5.29. The highest BCUT2D eigenvalue weighted by molar-refractivity contribution is 5.35. The predicted octanol–water partition coefficient (Wildman–Crippen LogP) is 2.78. The van der Waals surface area contributed by atoms with Crippen LogP contribution in [0.2, 0.25) is 0 Å². The summed E-state index contributed by atoms with van der Waals surface area (Å²) in [6.45, 7) is 2.20. The fourth-order valence-corrected chi connectivity index (χ4v) is 1.42. The molecule has 0 saturated carbocycles. The summed E-state index contributed by atoms with van der Waals surface area (Å²) < 4.78 is 18.6. The van der Waals surface area contributed by atoms with E-state index in [1.54, 1.807) is 18.2 Å². The van der Waals surface area contributed by atoms with Gasteiger partial charge in [0.15, 0.2) is 0 Å². The van der Waals surface area contributed by atoms with Gasteiger partial charge in [-0.2, -0.15) is 0 Å². The fraction of sp³-hybridized carbons (Fsp3) is 0.154. The first-order chi connectivity index (χ1) is 8.19. The van der Waals surface area contributed by atoms with Gasteiger partial charge < -0.3 is 10.5 Å². The minimum absolute atomic E-state index is 0.333. The molecule has 0 aliphatic rings. The molecule has 0 aliphatic carbocycles. The summed E-state index contributed by atoms with van der Waals surface area (Å²) in [4.78, 5) is 4.19. The Bertz CT molecular complexity index is 529. The molecule has 1 aromatic heterocycles. The minimum Gasteiger partial charge on any atom is -0.439 e. The van der Waals surface area contributed by atoms with Crippen molar-refractivity contribution in [3.63, 3.8) is 0 Å². The van der Waals surface area contributed by atoms with E-state index < -0.39 is 0 Å². The summed E-state index contributed by atoms with van der Waals surface area (Å²) in [7, 11) is 0. The van der Waals surface area contributed by atoms with Crippen LogP contribution in [0, 0.1) is 12.7 Å². The van der Waals surface area contributed by atoms with Gasteiger partial charge in [0.25, 0.3) is 0 Å². The van der Waals surface area contributed by atoms with Gasteiger partial charge in [0.05, 0.1) is 5.69 Å². The number of halogens is 1. The molecule has 4 heteroatoms. The van der Waals surface area contributed by atoms with Gasteiger partial charge >= 0.3 is 0 Å². The average Bonchev–Trinajstić information content (AvgIpc) is 2.34. The average molecular weight is 232 g/mol. The molecule has 1 aromatic carbocycles. The highest BCUT2D eigenvalue weighted by atomic mass is 19.1. The number of hydrogen-bond donors (Lipinski definition) is 1. The lowest BCUT2D eigenvalue weighted by atomic mass is 10.2. The van der Waals surface area contributed by atoms with E-state index in [0.29, 0.717) is 18.2 Å². The molecule has 88 valence electrons. The van der Waals surface area contributed by atoms with Crippen LogP contribution in [0.1, 0.15) is 11.3 Å². The van der Waals surface area contributed by atoms with Crippen LogP contribution in [0.4, 0.5) is 4.39 Å². The van der Waals surface area contributed by atoms with E-state index in [4.69, 9.17) is 10.5 Å². The van der Waals surface area contributed by atoms with E-state index >= 15 is 0 Å². The molecule has 0 atom stereocenters. The van der Waals surface area contributed by atoms with Gasteiger partial charge in [-0.25, -0.2) is 9.37 Å². The van der Waals surface area contributed by atoms with Crippen LogP contribution in [-0.2, 0) is 6.54 Å². The van der Waals surface area contributed by atoms with Crippen molar-refractivity contribution in [2.75, 3.05) is 0 Å². The first-order valence-corrected chi connectivity index (χ1v) is 5.29. The van der Waals surface area contributed by atoms with Crippen LogP contribution in [0.15, 0.2) is 36.4 Å². The number of hydrogen-bond acceptors (Lipinski definition) is 3. The maximum absolute atomic E-state index is 13.1. The Labute approximate surface area is 99.1 Å². The van der Waals surface area contributed by atoms with Crippen molar-refractivity contribution in [2.45, 2.75) is 13.5 Å². The molecule has 2 rings (SSSR count). The van der Waals surface area contributed by atoms with Gasteiger partial charge in [-0.3, -0.25) is 0 Å². The number of rotatable bonds is 3. The monoisotopic (exact) mass is 232 g/mol. The van der Waals surface area contributed by atoms with E-state index in [1.807, 2.05) is 13.0 Å². The number of aryl methyl sites for hydroxylation is 1. The van der Waals surface area contributed by atoms with Crippen LogP contribution >= 0.6 is 0 Å². The summed E-state index contributed by atoms with van der Waals surface area (Å²) in [6.07, 6.45) is 0. The second kappa shape index (κ2) is 4.93. The molecular formula is C13H13FN2O. The summed E-state index contributed by atoms with van der Waals surface area (Å²) in [5.41, 5.74) is 7.07. The lowest BCUT2D eigenvalue weighted by molar-refractivity contribution is 0.452. The molecule has 0 unspecified atom stereocenters. The molecule has 17 heavy (non-hydrogen) atoms. The van der Waals surface area contributed by atoms with Crippen molar-refractivity contribution < 1.29 is 9.13 Å². The third-order valence-corrected chi connectivity index (χ3v) is 2.36. The number of benzene rings is 1. The minimum atomic E-state index is -0.333. The van der Waals surface area contributed by atoms with Crippen molar-refractivity contribution in [3.05, 3.63) is 53.5 Å². The van der Waals surface area contributed by atoms with Gasteiger partial charge in [-0.1, -0.05) is 12.1 Å². The topological polar surface area (TPSA) is 48.1 Å². The van der Waals surface area contributed by atoms with Gasteiger partial charge in [0.1, 0.15) is 11.6 Å². The van der Waals surface area contributed by atoms with Gasteiger partial charge in [0.2, 0.25) is 5.88 Å². The number of nitrogens with two attached hydrogens (primary N) is 1. The quantitative estimate of drug-likeness (QED) is 0.885. The number of nitrogens with zero attached hydrogens (tertiary/aromatic N) is 1. The Balaban J connectivity index is 2.27. The van der Waals surface area contributed by atoms with Gasteiger partial charge in [-0.05, 0) is 24.6 Å². The van der Waals surface area contributed by atoms with Crippen LogP contribution < -0.4 is 10.5 Å². The standard InChI is InChI=1S/C13H13FN2O/c1-9-5-6-10(14)7-12(9)17-13-4-2-3-11(8-15)16-13/h2-7H,8,15H2,1H3. The maximum Gasteiger partial charge on any atom is 0.219 e. The molecule has 0 spiro atoms. The van der Waals surface area contributed by atoms with Crippen molar-refractivity contribution in [2.24, 2.45) is 5.73 Å². The first kappa shape index (κ1) is 11.5. The molecule has 0 radical (unpaired) electrons. The Kier molecular flexibility index (Phi) is 3.35. The summed E-state index contributed by atoms with van der Waals surface area (Å²) in [5, 5.41) is 0.